The van der Waals surface area contributed by atoms with Gasteiger partial charge in [0.15, 0.2) is 11.6 Å². The second-order valence-corrected chi connectivity index (χ2v) is 35.8. The lowest BCUT2D eigenvalue weighted by molar-refractivity contribution is -0.0451. The summed E-state index contributed by atoms with van der Waals surface area (Å²) in [5.41, 5.74) is 10.1. The Morgan fingerprint density at radius 1 is 0.424 bits per heavy atom. The molecule has 35 nitrogen and oxygen atoms in total. The zero-order valence-corrected chi connectivity index (χ0v) is 83.4. The maximum Gasteiger partial charge on any atom is 0.319 e. The van der Waals surface area contributed by atoms with Crippen molar-refractivity contribution >= 4 is 110 Å². The van der Waals surface area contributed by atoms with Crippen LogP contribution in [0.1, 0.15) is 171 Å². The number of nitrogens with zero attached hydrogens (tertiary/aromatic N) is 15. The number of morpholine rings is 5. The predicted molar refractivity (Wildman–Crippen MR) is 516 cm³/mol. The molecule has 0 radical (unpaired) electrons. The van der Waals surface area contributed by atoms with Gasteiger partial charge in [-0.1, -0.05) is 28.7 Å². The molecule has 0 spiro atoms. The summed E-state index contributed by atoms with van der Waals surface area (Å²) in [5, 5.41) is 21.1. The van der Waals surface area contributed by atoms with Gasteiger partial charge in [0, 0.05) is 170 Å². The van der Waals surface area contributed by atoms with E-state index >= 15 is 0 Å². The minimum absolute atomic E-state index is 0.0425. The first-order valence-corrected chi connectivity index (χ1v) is 48.7. The number of anilines is 7. The molecule has 0 saturated carbocycles. The highest BCUT2D eigenvalue weighted by molar-refractivity contribution is 14.1. The average Bonchev–Trinajstić information content (AvgIpc) is 1.60. The van der Waals surface area contributed by atoms with Gasteiger partial charge in [0.1, 0.15) is 57.1 Å². The van der Waals surface area contributed by atoms with Crippen molar-refractivity contribution in [2.75, 3.05) is 200 Å². The number of fused-ring (bicyclic) bond motifs is 5. The number of alkyl halides is 1. The Balaban J connectivity index is 0.000000150. The van der Waals surface area contributed by atoms with Gasteiger partial charge in [-0.05, 0) is 178 Å². The maximum absolute atomic E-state index is 11.8. The number of methoxy groups -OCH3 is 3. The van der Waals surface area contributed by atoms with Crippen molar-refractivity contribution in [1.29, 1.82) is 0 Å². The van der Waals surface area contributed by atoms with Gasteiger partial charge in [-0.3, -0.25) is 0 Å². The van der Waals surface area contributed by atoms with Crippen molar-refractivity contribution in [3.63, 3.8) is 0 Å². The number of benzene rings is 2. The molecule has 3 unspecified atom stereocenters. The molecule has 5 fully saturated rings. The summed E-state index contributed by atoms with van der Waals surface area (Å²) in [6.07, 6.45) is 5.20. The summed E-state index contributed by atoms with van der Waals surface area (Å²) < 4.78 is 74.1. The number of hydrogen-bond acceptors (Lipinski definition) is 31. The first-order valence-electron chi connectivity index (χ1n) is 45.4. The molecule has 722 valence electrons. The largest absolute Gasteiger partial charge is 0.396 e. The molecule has 5 aromatic heterocycles. The van der Waals surface area contributed by atoms with Crippen molar-refractivity contribution in [1.82, 2.24) is 60.5 Å². The normalized spacial score (nSPS) is 24.9. The molecular weight excluding hydrogens is 1870 g/mol. The second kappa shape index (κ2) is 47.3. The Bertz CT molecular complexity index is 4880. The van der Waals surface area contributed by atoms with Gasteiger partial charge in [0.2, 0.25) is 15.9 Å². The number of urea groups is 2. The van der Waals surface area contributed by atoms with Gasteiger partial charge in [0.05, 0.1) is 158 Å². The van der Waals surface area contributed by atoms with Crippen LogP contribution in [0.15, 0.2) is 61.2 Å². The molecule has 132 heavy (non-hydrogen) atoms. The molecule has 10 aliphatic heterocycles. The third kappa shape index (κ3) is 24.2. The zero-order chi connectivity index (χ0) is 94.7. The molecule has 10 atom stereocenters. The molecule has 5 saturated heterocycles. The lowest BCUT2D eigenvalue weighted by Crippen LogP contribution is -2.44. The number of rotatable bonds is 24. The Labute approximate surface area is 803 Å². The van der Waals surface area contributed by atoms with Crippen LogP contribution in [0.3, 0.4) is 0 Å². The zero-order valence-electron chi connectivity index (χ0n) is 79.0. The van der Waals surface area contributed by atoms with E-state index in [1.165, 1.54) is 0 Å². The number of halogens is 4. The Morgan fingerprint density at radius 3 is 0.939 bits per heavy atom. The van der Waals surface area contributed by atoms with Gasteiger partial charge in [-0.15, -0.1) is 6.58 Å². The molecule has 7 aromatic rings. The quantitative estimate of drug-likeness (QED) is 0.0162. The molecule has 2 aromatic carbocycles. The maximum atomic E-state index is 11.8. The topological polar surface area (TPSA) is 368 Å². The highest BCUT2D eigenvalue weighted by Crippen LogP contribution is 2.49. The van der Waals surface area contributed by atoms with Crippen LogP contribution in [0.2, 0.25) is 15.9 Å². The fourth-order valence-corrected chi connectivity index (χ4v) is 18.2. The van der Waals surface area contributed by atoms with Gasteiger partial charge >= 0.3 is 12.1 Å². The van der Waals surface area contributed by atoms with Crippen LogP contribution in [0.4, 0.5) is 50.1 Å². The van der Waals surface area contributed by atoms with Gasteiger partial charge < -0.3 is 112 Å². The third-order valence-electron chi connectivity index (χ3n) is 25.2. The third-order valence-corrected chi connectivity index (χ3v) is 25.7. The van der Waals surface area contributed by atoms with Crippen LogP contribution in [0.25, 0.3) is 22.8 Å². The standard InChI is InChI=1S/2C24H33N5O4.C15H22ClN3O3.C15H20ClN3O2.C14H20ClN3O3.CH3I/c2*1-5-25-23(30)26-18-8-6-17(7-9-18)21-27-20-19(15-33-24(20,3)10-12-31-4)22(28-21)29-11-13-32-14-16(29)2;1-10-8-21-7-5-19(10)13-11-9-22-15(2,4-6-20-3)12(11)17-14(16)18-13;1-4-5-15(3)12-11(9-21-15)13(18-14(16)17-12)19-6-7-20-8-10(19)2;1-9-7-20-6-4-18(9)12-10-8-21-14(2,3-5-19)11(10)16-13(15)17-12;1-2/h2*6-9,16H,5,10-15H2,1-4H3,(H2,25,26,30);10H,4-9H2,1-3H3;4,10H,1,5-9H2,2-3H3;9,19H,3-8H2,1-2H3;1H3/t16-,24+;16-,24-;2*10-,15?;9-,14?;/m00000./s1. The minimum Gasteiger partial charge on any atom is -0.396 e. The molecule has 4 amide bonds. The highest BCUT2D eigenvalue weighted by atomic mass is 127. The van der Waals surface area contributed by atoms with Gasteiger partial charge in [-0.25, -0.2) is 59.4 Å². The Morgan fingerprint density at radius 2 is 0.682 bits per heavy atom. The van der Waals surface area contributed by atoms with Crippen molar-refractivity contribution in [2.45, 2.75) is 206 Å². The monoisotopic (exact) mass is 2000 g/mol. The summed E-state index contributed by atoms with van der Waals surface area (Å²) in [5.74, 6) is 5.71. The average molecular weight is 2000 g/mol. The molecule has 17 rings (SSSR count). The van der Waals surface area contributed by atoms with E-state index in [4.69, 9.17) is 116 Å². The van der Waals surface area contributed by atoms with Crippen LogP contribution >= 0.6 is 57.4 Å². The number of aliphatic hydroxyl groups excluding tert-OH is 1. The smallest absolute Gasteiger partial charge is 0.319 e. The van der Waals surface area contributed by atoms with Crippen molar-refractivity contribution in [2.24, 2.45) is 0 Å². The number of ether oxygens (including phenoxy) is 13. The number of aliphatic hydroxyl groups is 1. The van der Waals surface area contributed by atoms with Gasteiger partial charge in [0.25, 0.3) is 0 Å². The Kier molecular flexibility index (Phi) is 36.9. The minimum atomic E-state index is -0.596. The molecular formula is C93H131Cl3IN19O16. The number of hydrogen-bond donors (Lipinski definition) is 5. The predicted octanol–water partition coefficient (Wildman–Crippen LogP) is 13.9. The Hall–Kier alpha value is -7.84. The van der Waals surface area contributed by atoms with E-state index in [2.05, 4.69) is 153 Å². The molecule has 10 aliphatic rings. The molecule has 5 N–H and O–H groups in total. The molecule has 39 heteroatoms. The van der Waals surface area contributed by atoms with Crippen LogP contribution in [-0.4, -0.2) is 262 Å². The van der Waals surface area contributed by atoms with E-state index in [0.717, 1.165) is 136 Å². The number of nitrogens with one attached hydrogen (secondary N) is 4. The number of carbonyl (C=O) groups excluding carboxylic acids is 2. The summed E-state index contributed by atoms with van der Waals surface area (Å²) >= 11 is 20.6. The van der Waals surface area contributed by atoms with Crippen LogP contribution < -0.4 is 45.8 Å². The van der Waals surface area contributed by atoms with Crippen LogP contribution in [0, 0.1) is 0 Å². The van der Waals surface area contributed by atoms with E-state index in [1.54, 1.807) is 21.3 Å². The van der Waals surface area contributed by atoms with E-state index < -0.39 is 28.0 Å². The first kappa shape index (κ1) is 103. The molecule has 0 aliphatic carbocycles. The van der Waals surface area contributed by atoms with Crippen LogP contribution in [-0.2, 0) is 123 Å². The molecule has 0 bridgehead atoms. The van der Waals surface area contributed by atoms with Crippen molar-refractivity contribution < 1.29 is 76.3 Å². The number of aromatic nitrogens is 10. The first-order chi connectivity index (χ1) is 63.5. The number of carbonyl (C=O) groups is 2. The fraction of sp³-hybridized carbons (Fsp3) is 0.613. The second-order valence-electron chi connectivity index (χ2n) is 34.8. The van der Waals surface area contributed by atoms with E-state index in [-0.39, 0.29) is 64.7 Å². The highest BCUT2D eigenvalue weighted by Gasteiger charge is 2.47. The summed E-state index contributed by atoms with van der Waals surface area (Å²) in [4.78, 5) is 83.5. The van der Waals surface area contributed by atoms with E-state index in [9.17, 15) is 14.7 Å². The van der Waals surface area contributed by atoms with Crippen molar-refractivity contribution in [3.05, 3.63) is 133 Å². The summed E-state index contributed by atoms with van der Waals surface area (Å²) in [6.45, 7) is 44.4. The lowest BCUT2D eigenvalue weighted by Gasteiger charge is -2.35. The summed E-state index contributed by atoms with van der Waals surface area (Å²) in [7, 11) is 5.08. The van der Waals surface area contributed by atoms with Gasteiger partial charge in [-0.2, -0.15) is 0 Å². The fourth-order valence-electron chi connectivity index (χ4n) is 17.7. The van der Waals surface area contributed by atoms with E-state index in [1.807, 2.05) is 94.2 Å². The van der Waals surface area contributed by atoms with E-state index in [0.29, 0.717) is 181 Å². The number of amides is 4. The van der Waals surface area contributed by atoms with Crippen LogP contribution in [0.5, 0.6) is 0 Å². The molecule has 15 heterocycles. The summed E-state index contributed by atoms with van der Waals surface area (Å²) in [6, 6.07) is 15.9. The lowest BCUT2D eigenvalue weighted by atomic mass is 9.96. The van der Waals surface area contributed by atoms with Crippen molar-refractivity contribution in [3.8, 4) is 22.8 Å². The SMILES string of the molecule is C=CCC1(C)OCc2c(N3CCOC[C@@H]3C)nc(Cl)nc21.CCNC(=O)Nc1ccc(-c2nc(N3CCOC[C@@H]3C)c3c(n2)[C@@](C)(CCOC)OC3)cc1.CCNC(=O)Nc1ccc(-c2nc(N3CCOC[C@@H]3C)c3c(n2)[C@](C)(CCOC)OC3)cc1.CI.COCCC1(C)OCc2c(N3CCOC[C@@H]3C)nc(Cl)nc21.C[C@H]1COCCN1c1nc(Cl)nc2c1COC2(C)CCO.